The molecule has 0 unspecified atom stereocenters. The molecule has 0 saturated carbocycles. The summed E-state index contributed by atoms with van der Waals surface area (Å²) >= 11 is 2.51. The van der Waals surface area contributed by atoms with Crippen LogP contribution < -0.4 is 0 Å². The molecule has 0 aliphatic carbocycles. The first kappa shape index (κ1) is 14.0. The lowest BCUT2D eigenvalue weighted by Gasteiger charge is -2.05. The van der Waals surface area contributed by atoms with Crippen molar-refractivity contribution < 1.29 is 9.90 Å². The van der Waals surface area contributed by atoms with Crippen LogP contribution in [0.25, 0.3) is 10.9 Å². The molecular weight excluding hydrogens is 306 g/mol. The zero-order valence-corrected chi connectivity index (χ0v) is 12.7. The van der Waals surface area contributed by atoms with E-state index in [4.69, 9.17) is 0 Å². The van der Waals surface area contributed by atoms with Gasteiger partial charge in [0.1, 0.15) is 10.9 Å². The van der Waals surface area contributed by atoms with Crippen molar-refractivity contribution >= 4 is 40.2 Å². The normalized spacial score (nSPS) is 10.9. The minimum Gasteiger partial charge on any atom is -0.478 e. The van der Waals surface area contributed by atoms with Crippen molar-refractivity contribution in [2.75, 3.05) is 0 Å². The number of carboxylic acids is 1. The summed E-state index contributed by atoms with van der Waals surface area (Å²) in [5.74, 6) is -0.226. The van der Waals surface area contributed by atoms with E-state index in [1.807, 2.05) is 31.2 Å². The van der Waals surface area contributed by atoms with Crippen molar-refractivity contribution in [1.29, 1.82) is 0 Å². The van der Waals surface area contributed by atoms with Crippen molar-refractivity contribution in [3.63, 3.8) is 0 Å². The first-order valence-electron chi connectivity index (χ1n) is 6.31. The molecule has 0 aliphatic rings. The van der Waals surface area contributed by atoms with Crippen LogP contribution in [0.3, 0.4) is 0 Å². The summed E-state index contributed by atoms with van der Waals surface area (Å²) in [5, 5.41) is 10.6. The highest BCUT2D eigenvalue weighted by Gasteiger charge is 2.16. The molecule has 5 nitrogen and oxygen atoms in total. The summed E-state index contributed by atoms with van der Waals surface area (Å²) in [6.07, 6.45) is 0.758. The Kier molecular flexibility index (Phi) is 3.85. The molecule has 0 saturated heterocycles. The highest BCUT2D eigenvalue weighted by molar-refractivity contribution is 8.01. The molecular formula is C14H11N3O2S2. The van der Waals surface area contributed by atoms with Crippen molar-refractivity contribution in [2.45, 2.75) is 22.7 Å². The van der Waals surface area contributed by atoms with Gasteiger partial charge in [-0.3, -0.25) is 0 Å². The summed E-state index contributed by atoms with van der Waals surface area (Å²) in [6.45, 7) is 1.98. The number of nitrogens with zero attached hydrogens (tertiary/aromatic N) is 3. The summed E-state index contributed by atoms with van der Waals surface area (Å²) < 4.78 is 4.91. The Bertz CT molecular complexity index is 817. The Labute approximate surface area is 129 Å². The highest BCUT2D eigenvalue weighted by Crippen LogP contribution is 2.32. The predicted molar refractivity (Wildman–Crippen MR) is 82.1 cm³/mol. The summed E-state index contributed by atoms with van der Waals surface area (Å²) in [5.41, 5.74) is 0.956. The van der Waals surface area contributed by atoms with E-state index in [9.17, 15) is 9.90 Å². The Balaban J connectivity index is 2.06. The number of pyridine rings is 1. The standard InChI is InChI=1S/C14H11N3O2S2/c1-2-11-16-14(21-17-11)20-12-9(13(18)19)7-8-5-3-4-6-10(8)15-12/h3-7H,2H2,1H3,(H,18,19). The topological polar surface area (TPSA) is 76.0 Å². The van der Waals surface area contributed by atoms with Crippen LogP contribution in [-0.2, 0) is 6.42 Å². The fourth-order valence-corrected chi connectivity index (χ4v) is 3.55. The lowest BCUT2D eigenvalue weighted by atomic mass is 10.1. The number of aromatic carboxylic acids is 1. The molecule has 0 fully saturated rings. The van der Waals surface area contributed by atoms with E-state index in [0.29, 0.717) is 9.37 Å². The molecule has 106 valence electrons. The monoisotopic (exact) mass is 317 g/mol. The Morgan fingerprint density at radius 3 is 2.86 bits per heavy atom. The molecule has 1 aromatic carbocycles. The maximum atomic E-state index is 11.4. The van der Waals surface area contributed by atoms with E-state index in [-0.39, 0.29) is 5.56 Å². The number of hydrogen-bond acceptors (Lipinski definition) is 6. The minimum atomic E-state index is -0.990. The number of benzene rings is 1. The number of hydrogen-bond donors (Lipinski definition) is 1. The van der Waals surface area contributed by atoms with Crippen LogP contribution in [0.15, 0.2) is 39.7 Å². The van der Waals surface area contributed by atoms with Crippen LogP contribution >= 0.6 is 23.3 Å². The van der Waals surface area contributed by atoms with Crippen LogP contribution in [0, 0.1) is 0 Å². The summed E-state index contributed by atoms with van der Waals surface area (Å²) in [7, 11) is 0. The predicted octanol–water partition coefficient (Wildman–Crippen LogP) is 3.50. The van der Waals surface area contributed by atoms with Crippen LogP contribution in [0.1, 0.15) is 23.1 Å². The fourth-order valence-electron chi connectivity index (χ4n) is 1.83. The van der Waals surface area contributed by atoms with Gasteiger partial charge in [0, 0.05) is 11.8 Å². The fraction of sp³-hybridized carbons (Fsp3) is 0.143. The van der Waals surface area contributed by atoms with Crippen molar-refractivity contribution in [3.05, 3.63) is 41.7 Å². The van der Waals surface area contributed by atoms with Gasteiger partial charge in [-0.25, -0.2) is 14.8 Å². The van der Waals surface area contributed by atoms with Crippen molar-refractivity contribution in [1.82, 2.24) is 14.3 Å². The molecule has 0 radical (unpaired) electrons. The first-order valence-corrected chi connectivity index (χ1v) is 7.90. The lowest BCUT2D eigenvalue weighted by Crippen LogP contribution is -2.01. The van der Waals surface area contributed by atoms with Crippen LogP contribution in [0.2, 0.25) is 0 Å². The smallest absolute Gasteiger partial charge is 0.338 e. The Hall–Kier alpha value is -1.99. The molecule has 1 N–H and O–H groups in total. The van der Waals surface area contributed by atoms with Crippen molar-refractivity contribution in [3.8, 4) is 0 Å². The van der Waals surface area contributed by atoms with Gasteiger partial charge in [-0.15, -0.1) is 0 Å². The third kappa shape index (κ3) is 2.88. The number of carboxylic acid groups (broad SMARTS) is 1. The molecule has 21 heavy (non-hydrogen) atoms. The van der Waals surface area contributed by atoms with Crippen LogP contribution in [0.4, 0.5) is 0 Å². The van der Waals surface area contributed by atoms with Gasteiger partial charge in [-0.05, 0) is 35.4 Å². The number of para-hydroxylation sites is 1. The third-order valence-electron chi connectivity index (χ3n) is 2.87. The van der Waals surface area contributed by atoms with Crippen LogP contribution in [0.5, 0.6) is 0 Å². The molecule has 3 rings (SSSR count). The summed E-state index contributed by atoms with van der Waals surface area (Å²) in [6, 6.07) is 9.10. The second-order valence-electron chi connectivity index (χ2n) is 4.27. The zero-order chi connectivity index (χ0) is 14.8. The molecule has 2 aromatic heterocycles. The maximum Gasteiger partial charge on any atom is 0.338 e. The van der Waals surface area contributed by atoms with Crippen LogP contribution in [-0.4, -0.2) is 25.4 Å². The zero-order valence-electron chi connectivity index (χ0n) is 11.1. The molecule has 0 atom stereocenters. The van der Waals surface area contributed by atoms with Gasteiger partial charge >= 0.3 is 5.97 Å². The van der Waals surface area contributed by atoms with Gasteiger partial charge in [0.05, 0.1) is 11.1 Å². The van der Waals surface area contributed by atoms with E-state index < -0.39 is 5.97 Å². The molecule has 0 amide bonds. The Morgan fingerprint density at radius 1 is 1.33 bits per heavy atom. The van der Waals surface area contributed by atoms with Gasteiger partial charge in [0.25, 0.3) is 0 Å². The van der Waals surface area contributed by atoms with E-state index >= 15 is 0 Å². The SMILES string of the molecule is CCc1nsc(Sc2nc3ccccc3cc2C(=O)O)n1. The van der Waals surface area contributed by atoms with E-state index in [2.05, 4.69) is 14.3 Å². The van der Waals surface area contributed by atoms with Gasteiger partial charge in [0.15, 0.2) is 4.34 Å². The third-order valence-corrected chi connectivity index (χ3v) is 4.66. The number of aromatic nitrogens is 3. The molecule has 0 spiro atoms. The maximum absolute atomic E-state index is 11.4. The average molecular weight is 317 g/mol. The summed E-state index contributed by atoms with van der Waals surface area (Å²) in [4.78, 5) is 20.2. The van der Waals surface area contributed by atoms with Gasteiger partial charge in [0.2, 0.25) is 0 Å². The molecule has 0 aliphatic heterocycles. The second kappa shape index (κ2) is 5.79. The van der Waals surface area contributed by atoms with E-state index in [1.54, 1.807) is 6.07 Å². The van der Waals surface area contributed by atoms with E-state index in [1.165, 1.54) is 23.3 Å². The van der Waals surface area contributed by atoms with Gasteiger partial charge < -0.3 is 5.11 Å². The minimum absolute atomic E-state index is 0.187. The number of rotatable bonds is 4. The average Bonchev–Trinajstić information content (AvgIpc) is 2.94. The first-order chi connectivity index (χ1) is 10.2. The Morgan fingerprint density at radius 2 is 2.14 bits per heavy atom. The quantitative estimate of drug-likeness (QED) is 0.793. The van der Waals surface area contributed by atoms with E-state index in [0.717, 1.165) is 23.1 Å². The highest BCUT2D eigenvalue weighted by atomic mass is 32.2. The van der Waals surface area contributed by atoms with Crippen molar-refractivity contribution in [2.24, 2.45) is 0 Å². The molecule has 3 aromatic rings. The second-order valence-corrected chi connectivity index (χ2v) is 6.26. The number of fused-ring (bicyclic) bond motifs is 1. The van der Waals surface area contributed by atoms with Gasteiger partial charge in [-0.2, -0.15) is 4.37 Å². The largest absolute Gasteiger partial charge is 0.478 e. The van der Waals surface area contributed by atoms with Gasteiger partial charge in [-0.1, -0.05) is 25.1 Å². The molecule has 7 heteroatoms. The molecule has 0 bridgehead atoms. The lowest BCUT2D eigenvalue weighted by molar-refractivity contribution is 0.0692. The molecule has 2 heterocycles. The number of carbonyl (C=O) groups is 1. The number of aryl methyl sites for hydroxylation is 1.